The second-order valence-corrected chi connectivity index (χ2v) is 10.2. The van der Waals surface area contributed by atoms with E-state index < -0.39 is 10.3 Å². The van der Waals surface area contributed by atoms with E-state index in [1.165, 1.54) is 0 Å². The predicted molar refractivity (Wildman–Crippen MR) is 137 cm³/mol. The van der Waals surface area contributed by atoms with Crippen molar-refractivity contribution in [2.75, 3.05) is 26.2 Å². The number of halogens is 2. The van der Waals surface area contributed by atoms with Crippen LogP contribution < -0.4 is 0 Å². The predicted octanol–water partition coefficient (Wildman–Crippen LogP) is 5.06. The van der Waals surface area contributed by atoms with Crippen LogP contribution in [0.3, 0.4) is 0 Å². The summed E-state index contributed by atoms with van der Waals surface area (Å²) in [7, 11) is -2.36. The normalized spacial score (nSPS) is 16.3. The fourth-order valence-corrected chi connectivity index (χ4v) is 5.25. The van der Waals surface area contributed by atoms with Crippen molar-refractivity contribution in [3.05, 3.63) is 93.0 Å². The van der Waals surface area contributed by atoms with Crippen LogP contribution in [-0.4, -0.2) is 54.5 Å². The summed E-state index contributed by atoms with van der Waals surface area (Å²) in [6.45, 7) is 2.11. The number of hydrogen-bond donors (Lipinski definition) is 1. The van der Waals surface area contributed by atoms with Gasteiger partial charge in [0.15, 0.2) is 0 Å². The van der Waals surface area contributed by atoms with Gasteiger partial charge in [0.25, 0.3) is 5.24 Å². The van der Waals surface area contributed by atoms with Crippen LogP contribution >= 0.6 is 35.8 Å². The van der Waals surface area contributed by atoms with Crippen molar-refractivity contribution in [2.45, 2.75) is 12.5 Å². The summed E-state index contributed by atoms with van der Waals surface area (Å²) < 4.78 is 23.9. The van der Waals surface area contributed by atoms with Crippen molar-refractivity contribution >= 4 is 56.2 Å². The summed E-state index contributed by atoms with van der Waals surface area (Å²) in [4.78, 5) is 15.6. The maximum atomic E-state index is 12.0. The van der Waals surface area contributed by atoms with Crippen molar-refractivity contribution < 1.29 is 13.2 Å². The Labute approximate surface area is 210 Å². The minimum absolute atomic E-state index is 0.00161. The lowest BCUT2D eigenvalue weighted by molar-refractivity contribution is 0.202. The molecule has 4 rings (SSSR count). The van der Waals surface area contributed by atoms with Gasteiger partial charge in [-0.1, -0.05) is 66.2 Å². The van der Waals surface area contributed by atoms with E-state index in [2.05, 4.69) is 17.5 Å². The van der Waals surface area contributed by atoms with E-state index in [1.54, 1.807) is 17.1 Å². The molecule has 0 radical (unpaired) electrons. The van der Waals surface area contributed by atoms with Crippen LogP contribution in [0.5, 0.6) is 0 Å². The third kappa shape index (κ3) is 5.73. The number of nitrogens with zero attached hydrogens (tertiary/aromatic N) is 2. The minimum Gasteiger partial charge on any atom is -0.330 e. The number of benzene rings is 2. The summed E-state index contributed by atoms with van der Waals surface area (Å²) in [5.41, 5.74) is 3.98. The lowest BCUT2D eigenvalue weighted by atomic mass is 9.92. The van der Waals surface area contributed by atoms with Gasteiger partial charge in [0, 0.05) is 36.2 Å². The number of amides is 1. The Morgan fingerprint density at radius 3 is 1.94 bits per heavy atom. The van der Waals surface area contributed by atoms with Crippen molar-refractivity contribution in [2.24, 2.45) is 0 Å². The molecule has 1 amide bonds. The maximum Gasteiger partial charge on any atom is 0.278 e. The summed E-state index contributed by atoms with van der Waals surface area (Å²) in [5, 5.41) is 1.04. The second-order valence-electron chi connectivity index (χ2n) is 8.02. The third-order valence-corrected chi connectivity index (χ3v) is 7.39. The van der Waals surface area contributed by atoms with E-state index in [-0.39, 0.29) is 11.3 Å². The van der Waals surface area contributed by atoms with Crippen LogP contribution in [0.2, 0.25) is 10.0 Å². The molecule has 2 aliphatic heterocycles. The van der Waals surface area contributed by atoms with Gasteiger partial charge in [-0.2, -0.15) is 8.42 Å². The molecule has 0 spiro atoms. The highest BCUT2D eigenvalue weighted by Crippen LogP contribution is 2.35. The van der Waals surface area contributed by atoms with Gasteiger partial charge in [-0.3, -0.25) is 9.69 Å². The molecule has 1 fully saturated rings. The Morgan fingerprint density at radius 1 is 0.970 bits per heavy atom. The third-order valence-electron chi connectivity index (χ3n) is 5.86. The highest BCUT2D eigenvalue weighted by atomic mass is 35.5. The zero-order valence-corrected chi connectivity index (χ0v) is 20.8. The topological polar surface area (TPSA) is 57.7 Å². The molecule has 2 aliphatic rings. The monoisotopic (exact) mass is 520 g/mol. The van der Waals surface area contributed by atoms with Crippen molar-refractivity contribution in [1.82, 2.24) is 9.80 Å². The highest BCUT2D eigenvalue weighted by molar-refractivity contribution is 7.96. The first-order chi connectivity index (χ1) is 15.8. The van der Waals surface area contributed by atoms with E-state index in [1.807, 2.05) is 48.5 Å². The average Bonchev–Trinajstić information content (AvgIpc) is 2.77. The van der Waals surface area contributed by atoms with Gasteiger partial charge in [-0.05, 0) is 59.0 Å². The van der Waals surface area contributed by atoms with E-state index in [9.17, 15) is 13.2 Å². The molecular weight excluding hydrogens is 499 g/mol. The second kappa shape index (κ2) is 10.5. The van der Waals surface area contributed by atoms with E-state index in [0.29, 0.717) is 47.5 Å². The van der Waals surface area contributed by atoms with Crippen molar-refractivity contribution in [1.29, 1.82) is 0 Å². The first-order valence-electron chi connectivity index (χ1n) is 10.4. The molecule has 9 heteroatoms. The molecule has 1 saturated heterocycles. The number of carbonyl (C=O) groups excluding carboxylic acids is 1. The average molecular weight is 521 g/mol. The van der Waals surface area contributed by atoms with Gasteiger partial charge >= 0.3 is 0 Å². The van der Waals surface area contributed by atoms with Gasteiger partial charge in [-0.25, -0.2) is 0 Å². The van der Waals surface area contributed by atoms with E-state index >= 15 is 0 Å². The summed E-state index contributed by atoms with van der Waals surface area (Å²) in [6, 6.07) is 15.5. The number of carbonyl (C=O) groups is 1. The van der Waals surface area contributed by atoms with Crippen molar-refractivity contribution in [3.8, 4) is 0 Å². The first kappa shape index (κ1) is 24.1. The quantitative estimate of drug-likeness (QED) is 0.340. The van der Waals surface area contributed by atoms with Crippen LogP contribution in [0.25, 0.3) is 0 Å². The minimum atomic E-state index is -2.36. The number of likely N-dealkylation sites (tertiary alicyclic amines) is 1. The highest BCUT2D eigenvalue weighted by Gasteiger charge is 2.31. The molecule has 0 unspecified atom stereocenters. The maximum absolute atomic E-state index is 12.0. The van der Waals surface area contributed by atoms with Gasteiger partial charge in [0.1, 0.15) is 0 Å². The zero-order chi connectivity index (χ0) is 23.5. The van der Waals surface area contributed by atoms with Gasteiger partial charge < -0.3 is 4.90 Å². The van der Waals surface area contributed by atoms with Gasteiger partial charge in [0.05, 0.1) is 10.9 Å². The van der Waals surface area contributed by atoms with E-state index in [4.69, 9.17) is 23.2 Å². The van der Waals surface area contributed by atoms with Crippen LogP contribution in [-0.2, 0) is 10.3 Å². The van der Waals surface area contributed by atoms with Crippen LogP contribution in [0.4, 0.5) is 4.79 Å². The number of rotatable bonds is 5. The number of thiol groups is 1. The molecule has 0 atom stereocenters. The van der Waals surface area contributed by atoms with E-state index in [0.717, 1.165) is 22.3 Å². The SMILES string of the molecule is O=C(S)N1CC=C(C(C=C2CN(C(c3ccc(Cl)cc3)c3ccc(Cl)cc3)C2)=S(=O)=O)CC1. The molecule has 2 aromatic carbocycles. The number of hydrogen-bond acceptors (Lipinski definition) is 4. The number of allylic oxidation sites excluding steroid dienone is 1. The Morgan fingerprint density at radius 2 is 1.52 bits per heavy atom. The molecular formula is C24H22Cl2N2O3S2. The molecule has 2 heterocycles. The molecule has 33 heavy (non-hydrogen) atoms. The Kier molecular flexibility index (Phi) is 7.66. The summed E-state index contributed by atoms with van der Waals surface area (Å²) in [5.74, 6) is 0. The van der Waals surface area contributed by atoms with Crippen LogP contribution in [0.15, 0.2) is 71.8 Å². The first-order valence-corrected chi connectivity index (χ1v) is 12.7. The fraction of sp³-hybridized carbons (Fsp3) is 0.250. The standard InChI is InChI=1S/C24H22Cl2N2O3S2/c25-20-5-1-18(2-6-20)23(19-3-7-21(26)8-4-19)28-14-16(15-28)13-22(33(30)31)17-9-11-27(12-10-17)24(29)32/h1-9,13,23H,10-12,14-15H2,(H,29,32). The molecule has 0 bridgehead atoms. The largest absolute Gasteiger partial charge is 0.330 e. The summed E-state index contributed by atoms with van der Waals surface area (Å²) in [6.07, 6.45) is 4.05. The molecule has 0 saturated carbocycles. The molecule has 2 aromatic rings. The smallest absolute Gasteiger partial charge is 0.278 e. The fourth-order valence-electron chi connectivity index (χ4n) is 4.15. The van der Waals surface area contributed by atoms with Crippen molar-refractivity contribution in [3.63, 3.8) is 0 Å². The Hall–Kier alpha value is -2.03. The Balaban J connectivity index is 1.55. The zero-order valence-electron chi connectivity index (χ0n) is 17.6. The van der Waals surface area contributed by atoms with Crippen LogP contribution in [0, 0.1) is 0 Å². The lowest BCUT2D eigenvalue weighted by Gasteiger charge is -2.41. The Bertz CT molecular complexity index is 1190. The molecule has 0 aromatic heterocycles. The molecule has 5 nitrogen and oxygen atoms in total. The van der Waals surface area contributed by atoms with Gasteiger partial charge in [0.2, 0.25) is 10.3 Å². The molecule has 0 N–H and O–H groups in total. The lowest BCUT2D eigenvalue weighted by Crippen LogP contribution is -2.43. The molecule has 0 aliphatic carbocycles. The molecule has 172 valence electrons. The van der Waals surface area contributed by atoms with Crippen LogP contribution in [0.1, 0.15) is 23.6 Å². The summed E-state index contributed by atoms with van der Waals surface area (Å²) >= 11 is 16.0. The van der Waals surface area contributed by atoms with Gasteiger partial charge in [-0.15, -0.1) is 0 Å².